The molecule has 8 heteroatoms. The highest BCUT2D eigenvalue weighted by molar-refractivity contribution is 7.14. The summed E-state index contributed by atoms with van der Waals surface area (Å²) in [6.45, 7) is 1.62. The fraction of sp³-hybridized carbons (Fsp3) is 0.167. The van der Waals surface area contributed by atoms with Gasteiger partial charge in [-0.2, -0.15) is 0 Å². The molecule has 1 heterocycles. The summed E-state index contributed by atoms with van der Waals surface area (Å²) < 4.78 is 0. The molecule has 1 N–H and O–H groups in total. The molecule has 0 saturated heterocycles. The molecule has 104 valence electrons. The molecule has 20 heavy (non-hydrogen) atoms. The van der Waals surface area contributed by atoms with Gasteiger partial charge in [-0.25, -0.2) is 4.98 Å². The van der Waals surface area contributed by atoms with Crippen molar-refractivity contribution in [3.05, 3.63) is 50.5 Å². The number of carbonyl (C=O) groups excluding carboxylic acids is 1. The number of benzene rings is 1. The van der Waals surface area contributed by atoms with E-state index in [0.717, 1.165) is 0 Å². The van der Waals surface area contributed by atoms with E-state index in [1.807, 2.05) is 0 Å². The van der Waals surface area contributed by atoms with Crippen LogP contribution in [0.3, 0.4) is 0 Å². The van der Waals surface area contributed by atoms with Crippen LogP contribution in [-0.4, -0.2) is 15.8 Å². The Kier molecular flexibility index (Phi) is 4.31. The topological polar surface area (TPSA) is 85.1 Å². The van der Waals surface area contributed by atoms with Crippen LogP contribution in [0.5, 0.6) is 0 Å². The van der Waals surface area contributed by atoms with Crippen molar-refractivity contribution in [2.24, 2.45) is 0 Å². The number of nitro benzene ring substituents is 1. The maximum Gasteiger partial charge on any atom is 0.273 e. The van der Waals surface area contributed by atoms with Gasteiger partial charge >= 0.3 is 0 Å². The number of hydrogen-bond acceptors (Lipinski definition) is 5. The maximum atomic E-state index is 12.0. The minimum atomic E-state index is -0.513. The minimum absolute atomic E-state index is 0.0850. The van der Waals surface area contributed by atoms with Gasteiger partial charge in [-0.1, -0.05) is 6.07 Å². The van der Waals surface area contributed by atoms with Gasteiger partial charge < -0.3 is 0 Å². The second kappa shape index (κ2) is 5.98. The first kappa shape index (κ1) is 14.4. The molecule has 1 amide bonds. The lowest BCUT2D eigenvalue weighted by Gasteiger charge is -2.03. The number of nitrogens with one attached hydrogen (secondary N) is 1. The van der Waals surface area contributed by atoms with Crippen LogP contribution >= 0.6 is 22.9 Å². The number of carbonyl (C=O) groups is 1. The maximum absolute atomic E-state index is 12.0. The number of nitro groups is 1. The highest BCUT2D eigenvalue weighted by Crippen LogP contribution is 2.21. The number of aryl methyl sites for hydroxylation is 1. The van der Waals surface area contributed by atoms with E-state index >= 15 is 0 Å². The Balaban J connectivity index is 2.21. The third kappa shape index (κ3) is 3.12. The molecule has 0 radical (unpaired) electrons. The van der Waals surface area contributed by atoms with Crippen molar-refractivity contribution in [1.82, 2.24) is 4.98 Å². The lowest BCUT2D eigenvalue weighted by atomic mass is 10.1. The van der Waals surface area contributed by atoms with Crippen LogP contribution in [0.4, 0.5) is 10.8 Å². The first-order valence-electron chi connectivity index (χ1n) is 5.58. The Morgan fingerprint density at radius 1 is 1.55 bits per heavy atom. The third-order valence-electron chi connectivity index (χ3n) is 2.58. The van der Waals surface area contributed by atoms with Crippen LogP contribution < -0.4 is 5.32 Å². The zero-order valence-electron chi connectivity index (χ0n) is 10.4. The molecule has 0 atom stereocenters. The number of rotatable bonds is 4. The summed E-state index contributed by atoms with van der Waals surface area (Å²) in [6.07, 6.45) is 0. The fourth-order valence-corrected chi connectivity index (χ4v) is 2.48. The zero-order valence-corrected chi connectivity index (χ0v) is 12.0. The average molecular weight is 312 g/mol. The Bertz CT molecular complexity index is 672. The highest BCUT2D eigenvalue weighted by Gasteiger charge is 2.15. The van der Waals surface area contributed by atoms with E-state index in [1.54, 1.807) is 18.4 Å². The van der Waals surface area contributed by atoms with Gasteiger partial charge in [-0.05, 0) is 13.0 Å². The van der Waals surface area contributed by atoms with Crippen LogP contribution in [0, 0.1) is 17.0 Å². The van der Waals surface area contributed by atoms with Crippen LogP contribution in [0.2, 0.25) is 0 Å². The lowest BCUT2D eigenvalue weighted by molar-refractivity contribution is -0.385. The van der Waals surface area contributed by atoms with E-state index in [0.29, 0.717) is 16.4 Å². The molecule has 0 aliphatic carbocycles. The standard InChI is InChI=1S/C12H10ClN3O3S/c1-7-2-3-8(4-10(7)16(18)19)11(17)15-12-14-9(5-13)6-20-12/h2-4,6H,5H2,1H3,(H,14,15,17). The number of halogens is 1. The summed E-state index contributed by atoms with van der Waals surface area (Å²) in [7, 11) is 0. The summed E-state index contributed by atoms with van der Waals surface area (Å²) in [5.74, 6) is -0.175. The molecule has 0 unspecified atom stereocenters. The summed E-state index contributed by atoms with van der Waals surface area (Å²) in [6, 6.07) is 4.33. The van der Waals surface area contributed by atoms with Gasteiger partial charge in [0.2, 0.25) is 0 Å². The number of anilines is 1. The van der Waals surface area contributed by atoms with Crippen molar-refractivity contribution < 1.29 is 9.72 Å². The molecule has 2 aromatic rings. The number of thiazole rings is 1. The SMILES string of the molecule is Cc1ccc(C(=O)Nc2nc(CCl)cs2)cc1[N+](=O)[O-]. The lowest BCUT2D eigenvalue weighted by Crippen LogP contribution is -2.12. The van der Waals surface area contributed by atoms with E-state index in [2.05, 4.69) is 10.3 Å². The fourth-order valence-electron chi connectivity index (χ4n) is 1.54. The van der Waals surface area contributed by atoms with E-state index in [9.17, 15) is 14.9 Å². The molecule has 0 saturated carbocycles. The summed E-state index contributed by atoms with van der Waals surface area (Å²) >= 11 is 6.87. The number of hydrogen-bond donors (Lipinski definition) is 1. The Morgan fingerprint density at radius 3 is 2.90 bits per heavy atom. The number of aromatic nitrogens is 1. The first-order valence-corrected chi connectivity index (χ1v) is 6.99. The molecule has 0 bridgehead atoms. The van der Waals surface area contributed by atoms with E-state index < -0.39 is 10.8 Å². The Labute approximate surface area is 123 Å². The number of alkyl halides is 1. The molecular formula is C12H10ClN3O3S. The van der Waals surface area contributed by atoms with Crippen molar-refractivity contribution in [3.63, 3.8) is 0 Å². The molecule has 6 nitrogen and oxygen atoms in total. The molecule has 0 aliphatic rings. The van der Waals surface area contributed by atoms with E-state index in [-0.39, 0.29) is 17.1 Å². The zero-order chi connectivity index (χ0) is 14.7. The van der Waals surface area contributed by atoms with Gasteiger partial charge in [-0.3, -0.25) is 20.2 Å². The second-order valence-corrected chi connectivity index (χ2v) is 5.12. The molecule has 0 fully saturated rings. The van der Waals surface area contributed by atoms with Crippen LogP contribution in [-0.2, 0) is 5.88 Å². The van der Waals surface area contributed by atoms with Crippen molar-refractivity contribution in [2.45, 2.75) is 12.8 Å². The summed E-state index contributed by atoms with van der Waals surface area (Å²) in [5.41, 5.74) is 1.30. The quantitative estimate of drug-likeness (QED) is 0.533. The van der Waals surface area contributed by atoms with Gasteiger partial charge in [0.05, 0.1) is 16.5 Å². The first-order chi connectivity index (χ1) is 9.51. The van der Waals surface area contributed by atoms with Crippen molar-refractivity contribution >= 4 is 39.7 Å². The average Bonchev–Trinajstić information content (AvgIpc) is 2.86. The molecule has 1 aromatic carbocycles. The monoisotopic (exact) mass is 311 g/mol. The Hall–Kier alpha value is -1.99. The smallest absolute Gasteiger partial charge is 0.273 e. The van der Waals surface area contributed by atoms with Crippen molar-refractivity contribution in [2.75, 3.05) is 5.32 Å². The van der Waals surface area contributed by atoms with Crippen molar-refractivity contribution in [1.29, 1.82) is 0 Å². The highest BCUT2D eigenvalue weighted by atomic mass is 35.5. The molecular weight excluding hydrogens is 302 g/mol. The molecule has 1 aromatic heterocycles. The summed E-state index contributed by atoms with van der Waals surface area (Å²) in [5, 5.41) is 15.6. The van der Waals surface area contributed by atoms with Crippen LogP contribution in [0.25, 0.3) is 0 Å². The predicted octanol–water partition coefficient (Wildman–Crippen LogP) is 3.35. The second-order valence-electron chi connectivity index (χ2n) is 3.99. The van der Waals surface area contributed by atoms with Gasteiger partial charge in [-0.15, -0.1) is 22.9 Å². The van der Waals surface area contributed by atoms with Gasteiger partial charge in [0.25, 0.3) is 11.6 Å². The van der Waals surface area contributed by atoms with Crippen LogP contribution in [0.1, 0.15) is 21.6 Å². The van der Waals surface area contributed by atoms with E-state index in [4.69, 9.17) is 11.6 Å². The Morgan fingerprint density at radius 2 is 2.30 bits per heavy atom. The number of amides is 1. The molecule has 2 rings (SSSR count). The largest absolute Gasteiger partial charge is 0.298 e. The molecule has 0 spiro atoms. The number of nitrogens with zero attached hydrogens (tertiary/aromatic N) is 2. The van der Waals surface area contributed by atoms with Crippen LogP contribution in [0.15, 0.2) is 23.6 Å². The van der Waals surface area contributed by atoms with Crippen molar-refractivity contribution in [3.8, 4) is 0 Å². The van der Waals surface area contributed by atoms with E-state index in [1.165, 1.54) is 23.5 Å². The summed E-state index contributed by atoms with van der Waals surface area (Å²) in [4.78, 5) is 26.4. The van der Waals surface area contributed by atoms with Gasteiger partial charge in [0, 0.05) is 22.6 Å². The minimum Gasteiger partial charge on any atom is -0.298 e. The third-order valence-corrected chi connectivity index (χ3v) is 3.66. The predicted molar refractivity (Wildman–Crippen MR) is 77.5 cm³/mol. The van der Waals surface area contributed by atoms with Gasteiger partial charge in [0.15, 0.2) is 5.13 Å². The molecule has 0 aliphatic heterocycles. The normalized spacial score (nSPS) is 10.3. The van der Waals surface area contributed by atoms with Gasteiger partial charge in [0.1, 0.15) is 0 Å².